The Hall–Kier alpha value is -2.16. The highest BCUT2D eigenvalue weighted by molar-refractivity contribution is 5.76. The maximum atomic E-state index is 11.7. The van der Waals surface area contributed by atoms with Gasteiger partial charge in [0.05, 0.1) is 0 Å². The lowest BCUT2D eigenvalue weighted by Gasteiger charge is -2.05. The average molecular weight is 240 g/mol. The number of amides is 1. The number of aryl methyl sites for hydroxylation is 1. The molecule has 0 saturated heterocycles. The smallest absolute Gasteiger partial charge is 0.220 e. The van der Waals surface area contributed by atoms with Crippen molar-refractivity contribution >= 4 is 5.91 Å². The summed E-state index contributed by atoms with van der Waals surface area (Å²) in [6, 6.07) is 13.8. The molecule has 1 heterocycles. The highest BCUT2D eigenvalue weighted by Gasteiger charge is 2.01. The minimum atomic E-state index is 0.0793. The van der Waals surface area contributed by atoms with Crippen LogP contribution in [0.5, 0.6) is 0 Å². The van der Waals surface area contributed by atoms with Crippen molar-refractivity contribution in [1.82, 2.24) is 10.3 Å². The van der Waals surface area contributed by atoms with Crippen molar-refractivity contribution in [3.05, 3.63) is 66.0 Å². The van der Waals surface area contributed by atoms with Crippen LogP contribution in [0.1, 0.15) is 17.5 Å². The molecule has 0 aliphatic carbocycles. The molecule has 1 aromatic carbocycles. The highest BCUT2D eigenvalue weighted by atomic mass is 16.1. The predicted octanol–water partition coefficient (Wildman–Crippen LogP) is 2.33. The van der Waals surface area contributed by atoms with Gasteiger partial charge in [-0.25, -0.2) is 0 Å². The fourth-order valence-corrected chi connectivity index (χ4v) is 1.69. The third kappa shape index (κ3) is 4.01. The van der Waals surface area contributed by atoms with E-state index in [9.17, 15) is 4.79 Å². The number of nitrogens with one attached hydrogen (secondary N) is 1. The van der Waals surface area contributed by atoms with Crippen molar-refractivity contribution < 1.29 is 4.79 Å². The number of carbonyl (C=O) groups is 1. The summed E-state index contributed by atoms with van der Waals surface area (Å²) in [5, 5.41) is 2.91. The first-order valence-corrected chi connectivity index (χ1v) is 6.04. The van der Waals surface area contributed by atoms with Crippen LogP contribution in [0.15, 0.2) is 54.9 Å². The Kier molecular flexibility index (Phi) is 4.47. The molecular weight excluding hydrogens is 224 g/mol. The lowest BCUT2D eigenvalue weighted by Crippen LogP contribution is -2.22. The molecule has 0 atom stereocenters. The Balaban J connectivity index is 1.73. The van der Waals surface area contributed by atoms with Crippen LogP contribution in [0.25, 0.3) is 0 Å². The first-order chi connectivity index (χ1) is 8.84. The van der Waals surface area contributed by atoms with Crippen LogP contribution in [-0.4, -0.2) is 10.9 Å². The van der Waals surface area contributed by atoms with E-state index in [0.717, 1.165) is 17.5 Å². The van der Waals surface area contributed by atoms with E-state index in [1.54, 1.807) is 12.4 Å². The Bertz CT molecular complexity index is 437. The lowest BCUT2D eigenvalue weighted by molar-refractivity contribution is -0.121. The number of benzene rings is 1. The second kappa shape index (κ2) is 6.55. The van der Waals surface area contributed by atoms with E-state index in [1.807, 2.05) is 42.5 Å². The Morgan fingerprint density at radius 1 is 1.00 bits per heavy atom. The summed E-state index contributed by atoms with van der Waals surface area (Å²) in [4.78, 5) is 15.6. The number of carbonyl (C=O) groups excluding carboxylic acids is 1. The summed E-state index contributed by atoms with van der Waals surface area (Å²) in [5.74, 6) is 0.0793. The molecule has 2 rings (SSSR count). The minimum Gasteiger partial charge on any atom is -0.352 e. The standard InChI is InChI=1S/C15H16N2O/c18-15(7-6-13-8-10-16-11-9-13)17-12-14-4-2-1-3-5-14/h1-5,8-11H,6-7,12H2,(H,17,18). The molecule has 18 heavy (non-hydrogen) atoms. The van der Waals surface area contributed by atoms with Gasteiger partial charge in [-0.3, -0.25) is 9.78 Å². The van der Waals surface area contributed by atoms with Gasteiger partial charge in [0.15, 0.2) is 0 Å². The first-order valence-electron chi connectivity index (χ1n) is 6.04. The third-order valence-electron chi connectivity index (χ3n) is 2.72. The molecular formula is C15H16N2O. The molecule has 0 aliphatic rings. The van der Waals surface area contributed by atoms with Crippen molar-refractivity contribution in [3.8, 4) is 0 Å². The van der Waals surface area contributed by atoms with Crippen LogP contribution in [0, 0.1) is 0 Å². The monoisotopic (exact) mass is 240 g/mol. The summed E-state index contributed by atoms with van der Waals surface area (Å²) in [6.07, 6.45) is 4.76. The molecule has 1 N–H and O–H groups in total. The molecule has 0 spiro atoms. The van der Waals surface area contributed by atoms with Gasteiger partial charge in [0, 0.05) is 25.4 Å². The van der Waals surface area contributed by atoms with E-state index in [-0.39, 0.29) is 5.91 Å². The number of rotatable bonds is 5. The number of hydrogen-bond donors (Lipinski definition) is 1. The second-order valence-electron chi connectivity index (χ2n) is 4.12. The summed E-state index contributed by atoms with van der Waals surface area (Å²) < 4.78 is 0. The van der Waals surface area contributed by atoms with Crippen LogP contribution in [-0.2, 0) is 17.8 Å². The molecule has 0 radical (unpaired) electrons. The molecule has 0 saturated carbocycles. The maximum Gasteiger partial charge on any atom is 0.220 e. The van der Waals surface area contributed by atoms with Crippen molar-refractivity contribution in [2.75, 3.05) is 0 Å². The van der Waals surface area contributed by atoms with E-state index >= 15 is 0 Å². The maximum absolute atomic E-state index is 11.7. The molecule has 1 aromatic heterocycles. The molecule has 0 unspecified atom stereocenters. The zero-order valence-corrected chi connectivity index (χ0v) is 10.2. The van der Waals surface area contributed by atoms with Crippen LogP contribution < -0.4 is 5.32 Å². The summed E-state index contributed by atoms with van der Waals surface area (Å²) in [7, 11) is 0. The molecule has 3 heteroatoms. The summed E-state index contributed by atoms with van der Waals surface area (Å²) >= 11 is 0. The van der Waals surface area contributed by atoms with Crippen molar-refractivity contribution in [2.24, 2.45) is 0 Å². The van der Waals surface area contributed by atoms with Gasteiger partial charge < -0.3 is 5.32 Å². The average Bonchev–Trinajstić information content (AvgIpc) is 2.45. The molecule has 0 aliphatic heterocycles. The van der Waals surface area contributed by atoms with Gasteiger partial charge in [-0.15, -0.1) is 0 Å². The van der Waals surface area contributed by atoms with Gasteiger partial charge in [0.25, 0.3) is 0 Å². The zero-order valence-electron chi connectivity index (χ0n) is 10.2. The van der Waals surface area contributed by atoms with Crippen molar-refractivity contribution in [1.29, 1.82) is 0 Å². The largest absolute Gasteiger partial charge is 0.352 e. The Morgan fingerprint density at radius 2 is 1.72 bits per heavy atom. The fraction of sp³-hybridized carbons (Fsp3) is 0.200. The highest BCUT2D eigenvalue weighted by Crippen LogP contribution is 2.01. The molecule has 0 fully saturated rings. The topological polar surface area (TPSA) is 42.0 Å². The van der Waals surface area contributed by atoms with Crippen LogP contribution in [0.2, 0.25) is 0 Å². The minimum absolute atomic E-state index is 0.0793. The quantitative estimate of drug-likeness (QED) is 0.871. The fourth-order valence-electron chi connectivity index (χ4n) is 1.69. The first kappa shape index (κ1) is 12.3. The Labute approximate surface area is 107 Å². The molecule has 1 amide bonds. The molecule has 3 nitrogen and oxygen atoms in total. The number of aromatic nitrogens is 1. The number of pyridine rings is 1. The second-order valence-corrected chi connectivity index (χ2v) is 4.12. The van der Waals surface area contributed by atoms with Gasteiger partial charge in [-0.2, -0.15) is 0 Å². The van der Waals surface area contributed by atoms with Gasteiger partial charge in [0.1, 0.15) is 0 Å². The van der Waals surface area contributed by atoms with Crippen LogP contribution in [0.4, 0.5) is 0 Å². The predicted molar refractivity (Wildman–Crippen MR) is 70.8 cm³/mol. The van der Waals surface area contributed by atoms with Crippen LogP contribution >= 0.6 is 0 Å². The number of nitrogens with zero attached hydrogens (tertiary/aromatic N) is 1. The van der Waals surface area contributed by atoms with Gasteiger partial charge in [-0.1, -0.05) is 30.3 Å². The van der Waals surface area contributed by atoms with Crippen molar-refractivity contribution in [2.45, 2.75) is 19.4 Å². The van der Waals surface area contributed by atoms with E-state index in [4.69, 9.17) is 0 Å². The zero-order chi connectivity index (χ0) is 12.6. The van der Waals surface area contributed by atoms with Crippen molar-refractivity contribution in [3.63, 3.8) is 0 Å². The van der Waals surface area contributed by atoms with E-state index < -0.39 is 0 Å². The molecule has 0 bridgehead atoms. The molecule has 2 aromatic rings. The van der Waals surface area contributed by atoms with E-state index in [2.05, 4.69) is 10.3 Å². The van der Waals surface area contributed by atoms with Crippen LogP contribution in [0.3, 0.4) is 0 Å². The van der Waals surface area contributed by atoms with Gasteiger partial charge in [0.2, 0.25) is 5.91 Å². The van der Waals surface area contributed by atoms with E-state index in [0.29, 0.717) is 13.0 Å². The lowest BCUT2D eigenvalue weighted by atomic mass is 10.1. The summed E-state index contributed by atoms with van der Waals surface area (Å²) in [6.45, 7) is 0.593. The SMILES string of the molecule is O=C(CCc1ccncc1)NCc1ccccc1. The number of hydrogen-bond acceptors (Lipinski definition) is 2. The normalized spacial score (nSPS) is 10.0. The summed E-state index contributed by atoms with van der Waals surface area (Å²) in [5.41, 5.74) is 2.26. The third-order valence-corrected chi connectivity index (χ3v) is 2.72. The molecule has 92 valence electrons. The van der Waals surface area contributed by atoms with E-state index in [1.165, 1.54) is 0 Å². The van der Waals surface area contributed by atoms with Gasteiger partial charge in [-0.05, 0) is 29.7 Å². The van der Waals surface area contributed by atoms with Gasteiger partial charge >= 0.3 is 0 Å². The Morgan fingerprint density at radius 3 is 2.44 bits per heavy atom.